The highest BCUT2D eigenvalue weighted by Gasteiger charge is 2.14. The molecule has 1 aliphatic heterocycles. The predicted molar refractivity (Wildman–Crippen MR) is 60.2 cm³/mol. The molecule has 0 amide bonds. The van der Waals surface area contributed by atoms with E-state index in [1.165, 1.54) is 0 Å². The molecule has 1 N–H and O–H groups in total. The number of nitrogens with one attached hydrogen (secondary N) is 1. The van der Waals surface area contributed by atoms with Crippen molar-refractivity contribution in [1.82, 2.24) is 9.97 Å². The fourth-order valence-corrected chi connectivity index (χ4v) is 1.60. The first-order valence-corrected chi connectivity index (χ1v) is 5.56. The zero-order valence-corrected chi connectivity index (χ0v) is 9.48. The van der Waals surface area contributed by atoms with Gasteiger partial charge < -0.3 is 14.8 Å². The van der Waals surface area contributed by atoms with E-state index in [-0.39, 0.29) is 0 Å². The van der Waals surface area contributed by atoms with Gasteiger partial charge in [0.05, 0.1) is 30.8 Å². The molecule has 0 bridgehead atoms. The van der Waals surface area contributed by atoms with Crippen LogP contribution in [0, 0.1) is 0 Å². The number of rotatable bonds is 4. The van der Waals surface area contributed by atoms with E-state index < -0.39 is 0 Å². The first-order chi connectivity index (χ1) is 7.88. The summed E-state index contributed by atoms with van der Waals surface area (Å²) in [7, 11) is 1.82. The molecule has 0 saturated carbocycles. The molecule has 1 aromatic heterocycles. The van der Waals surface area contributed by atoms with Crippen LogP contribution in [0.3, 0.4) is 0 Å². The maximum Gasteiger partial charge on any atom is 0.144 e. The average molecular weight is 223 g/mol. The summed E-state index contributed by atoms with van der Waals surface area (Å²) in [6.07, 6.45) is 5.71. The average Bonchev–Trinajstić information content (AvgIpc) is 2.38. The molecule has 5 heteroatoms. The van der Waals surface area contributed by atoms with E-state index in [0.717, 1.165) is 37.6 Å². The van der Waals surface area contributed by atoms with Crippen molar-refractivity contribution in [3.8, 4) is 0 Å². The Balaban J connectivity index is 1.79. The molecule has 1 saturated heterocycles. The lowest BCUT2D eigenvalue weighted by Gasteiger charge is -2.22. The summed E-state index contributed by atoms with van der Waals surface area (Å²) < 4.78 is 11.0. The molecule has 2 heterocycles. The molecule has 0 spiro atoms. The van der Waals surface area contributed by atoms with Gasteiger partial charge in [0.15, 0.2) is 0 Å². The van der Waals surface area contributed by atoms with Crippen molar-refractivity contribution >= 4 is 5.82 Å². The highest BCUT2D eigenvalue weighted by atomic mass is 16.5. The second-order valence-electron chi connectivity index (χ2n) is 3.77. The summed E-state index contributed by atoms with van der Waals surface area (Å²) in [5.41, 5.74) is 0.866. The Hall–Kier alpha value is -1.20. The summed E-state index contributed by atoms with van der Waals surface area (Å²) in [6.45, 7) is 2.13. The summed E-state index contributed by atoms with van der Waals surface area (Å²) in [5, 5.41) is 2.93. The minimum absolute atomic E-state index is 0.305. The molecular weight excluding hydrogens is 206 g/mol. The molecule has 0 radical (unpaired) electrons. The van der Waals surface area contributed by atoms with E-state index in [9.17, 15) is 0 Å². The lowest BCUT2D eigenvalue weighted by molar-refractivity contribution is -0.0400. The van der Waals surface area contributed by atoms with Crippen molar-refractivity contribution in [1.29, 1.82) is 0 Å². The number of aromatic nitrogens is 2. The number of anilines is 1. The lowest BCUT2D eigenvalue weighted by atomic mass is 10.1. The van der Waals surface area contributed by atoms with Gasteiger partial charge in [-0.15, -0.1) is 0 Å². The van der Waals surface area contributed by atoms with E-state index in [0.29, 0.717) is 12.7 Å². The van der Waals surface area contributed by atoms with Crippen molar-refractivity contribution in [2.75, 3.05) is 25.6 Å². The molecule has 0 unspecified atom stereocenters. The Morgan fingerprint density at radius 1 is 1.38 bits per heavy atom. The molecule has 16 heavy (non-hydrogen) atoms. The van der Waals surface area contributed by atoms with Crippen LogP contribution in [0.15, 0.2) is 12.4 Å². The lowest BCUT2D eigenvalue weighted by Crippen LogP contribution is -2.23. The molecule has 0 atom stereocenters. The highest BCUT2D eigenvalue weighted by molar-refractivity contribution is 5.29. The van der Waals surface area contributed by atoms with Crippen molar-refractivity contribution in [2.45, 2.75) is 25.6 Å². The maximum absolute atomic E-state index is 5.74. The van der Waals surface area contributed by atoms with E-state index >= 15 is 0 Å². The third-order valence-corrected chi connectivity index (χ3v) is 2.60. The third-order valence-electron chi connectivity index (χ3n) is 2.60. The van der Waals surface area contributed by atoms with Gasteiger partial charge in [-0.3, -0.25) is 4.98 Å². The van der Waals surface area contributed by atoms with Gasteiger partial charge in [-0.05, 0) is 12.8 Å². The second-order valence-corrected chi connectivity index (χ2v) is 3.77. The van der Waals surface area contributed by atoms with Crippen LogP contribution >= 0.6 is 0 Å². The summed E-state index contributed by atoms with van der Waals surface area (Å²) in [4.78, 5) is 8.44. The Labute approximate surface area is 95.2 Å². The monoisotopic (exact) mass is 223 g/mol. The number of hydrogen-bond donors (Lipinski definition) is 1. The topological polar surface area (TPSA) is 56.3 Å². The Morgan fingerprint density at radius 3 is 2.81 bits per heavy atom. The van der Waals surface area contributed by atoms with E-state index in [1.54, 1.807) is 12.4 Å². The van der Waals surface area contributed by atoms with Crippen LogP contribution in [0.4, 0.5) is 5.82 Å². The quantitative estimate of drug-likeness (QED) is 0.831. The van der Waals surface area contributed by atoms with Gasteiger partial charge in [0, 0.05) is 20.3 Å². The summed E-state index contributed by atoms with van der Waals surface area (Å²) >= 11 is 0. The largest absolute Gasteiger partial charge is 0.381 e. The van der Waals surface area contributed by atoms with Crippen molar-refractivity contribution < 1.29 is 9.47 Å². The number of hydrogen-bond acceptors (Lipinski definition) is 5. The van der Waals surface area contributed by atoms with Crippen LogP contribution in [0.1, 0.15) is 18.5 Å². The minimum Gasteiger partial charge on any atom is -0.381 e. The molecule has 2 rings (SSSR count). The first-order valence-electron chi connectivity index (χ1n) is 5.56. The number of ether oxygens (including phenoxy) is 2. The maximum atomic E-state index is 5.74. The minimum atomic E-state index is 0.305. The van der Waals surface area contributed by atoms with Crippen LogP contribution in [0.5, 0.6) is 0 Å². The van der Waals surface area contributed by atoms with Gasteiger partial charge in [0.25, 0.3) is 0 Å². The first kappa shape index (κ1) is 11.3. The molecule has 0 aromatic carbocycles. The van der Waals surface area contributed by atoms with Gasteiger partial charge in [0.1, 0.15) is 5.82 Å². The molecule has 0 aliphatic carbocycles. The van der Waals surface area contributed by atoms with Gasteiger partial charge in [-0.1, -0.05) is 0 Å². The normalized spacial score (nSPS) is 17.3. The molecular formula is C11H17N3O2. The third kappa shape index (κ3) is 3.15. The highest BCUT2D eigenvalue weighted by Crippen LogP contribution is 2.12. The molecule has 1 aliphatic rings. The van der Waals surface area contributed by atoms with E-state index in [4.69, 9.17) is 9.47 Å². The van der Waals surface area contributed by atoms with Gasteiger partial charge in [-0.2, -0.15) is 0 Å². The van der Waals surface area contributed by atoms with Gasteiger partial charge in [0.2, 0.25) is 0 Å². The molecule has 88 valence electrons. The van der Waals surface area contributed by atoms with E-state index in [1.807, 2.05) is 7.05 Å². The molecule has 1 fully saturated rings. The van der Waals surface area contributed by atoms with Crippen LogP contribution < -0.4 is 5.32 Å². The summed E-state index contributed by atoms with van der Waals surface area (Å²) in [5.74, 6) is 0.773. The van der Waals surface area contributed by atoms with Crippen LogP contribution in [0.25, 0.3) is 0 Å². The number of nitrogens with zero attached hydrogens (tertiary/aromatic N) is 2. The Kier molecular flexibility index (Phi) is 4.07. The standard InChI is InChI=1S/C11H17N3O2/c1-12-11-7-13-9(6-14-11)8-16-10-2-4-15-5-3-10/h6-7,10H,2-5,8H2,1H3,(H,12,14). The second kappa shape index (κ2) is 5.77. The molecule has 1 aromatic rings. The van der Waals surface area contributed by atoms with Crippen molar-refractivity contribution in [3.05, 3.63) is 18.1 Å². The Bertz CT molecular complexity index is 310. The zero-order chi connectivity index (χ0) is 11.2. The fourth-order valence-electron chi connectivity index (χ4n) is 1.60. The smallest absolute Gasteiger partial charge is 0.144 e. The summed E-state index contributed by atoms with van der Waals surface area (Å²) in [6, 6.07) is 0. The van der Waals surface area contributed by atoms with Crippen LogP contribution in [-0.2, 0) is 16.1 Å². The predicted octanol–water partition coefficient (Wildman–Crippen LogP) is 1.21. The Morgan fingerprint density at radius 2 is 2.19 bits per heavy atom. The van der Waals surface area contributed by atoms with Crippen molar-refractivity contribution in [2.24, 2.45) is 0 Å². The zero-order valence-electron chi connectivity index (χ0n) is 9.48. The van der Waals surface area contributed by atoms with Gasteiger partial charge in [-0.25, -0.2) is 4.98 Å². The van der Waals surface area contributed by atoms with Crippen molar-refractivity contribution in [3.63, 3.8) is 0 Å². The molecule has 5 nitrogen and oxygen atoms in total. The van der Waals surface area contributed by atoms with E-state index in [2.05, 4.69) is 15.3 Å². The SMILES string of the molecule is CNc1cnc(COC2CCOCC2)cn1. The van der Waals surface area contributed by atoms with Gasteiger partial charge >= 0.3 is 0 Å². The fraction of sp³-hybridized carbons (Fsp3) is 0.636. The van der Waals surface area contributed by atoms with Crippen LogP contribution in [0.2, 0.25) is 0 Å². The van der Waals surface area contributed by atoms with Crippen LogP contribution in [-0.4, -0.2) is 36.3 Å².